The zero-order valence-corrected chi connectivity index (χ0v) is 36.1. The van der Waals surface area contributed by atoms with E-state index >= 15 is 0 Å². The lowest BCUT2D eigenvalue weighted by atomic mass is 9.99. The number of aryl methyl sites for hydroxylation is 4. The van der Waals surface area contributed by atoms with Crippen LogP contribution in [0.2, 0.25) is 0 Å². The van der Waals surface area contributed by atoms with Crippen molar-refractivity contribution >= 4 is 7.82 Å². The number of unbranched alkanes of at least 4 members (excludes halogenated alkanes) is 24. The number of phosphoric ester groups is 1. The fourth-order valence-corrected chi connectivity index (χ4v) is 8.42. The fourth-order valence-electron chi connectivity index (χ4n) is 7.53. The quantitative estimate of drug-likeness (QED) is 0.0556. The normalized spacial score (nSPS) is 11.7. The summed E-state index contributed by atoms with van der Waals surface area (Å²) >= 11 is 0. The van der Waals surface area contributed by atoms with E-state index in [2.05, 4.69) is 52.0 Å². The van der Waals surface area contributed by atoms with Gasteiger partial charge in [-0.25, -0.2) is 4.57 Å². The maximum atomic E-state index is 13.7. The molecule has 2 aromatic rings. The van der Waals surface area contributed by atoms with Crippen LogP contribution in [0.4, 0.5) is 0 Å². The van der Waals surface area contributed by atoms with Crippen molar-refractivity contribution in [2.24, 2.45) is 0 Å². The van der Waals surface area contributed by atoms with Crippen molar-refractivity contribution < 1.29 is 18.5 Å². The van der Waals surface area contributed by atoms with E-state index in [4.69, 9.17) is 9.05 Å². The molecule has 0 unspecified atom stereocenters. The van der Waals surface area contributed by atoms with Gasteiger partial charge in [0.15, 0.2) is 0 Å². The molecular formula is C48H83O4P. The molecule has 0 radical (unpaired) electrons. The molecule has 0 bridgehead atoms. The van der Waals surface area contributed by atoms with Gasteiger partial charge in [-0.15, -0.1) is 0 Å². The lowest BCUT2D eigenvalue weighted by molar-refractivity contribution is 0.288. The van der Waals surface area contributed by atoms with Crippen LogP contribution in [0.25, 0.3) is 0 Å². The van der Waals surface area contributed by atoms with Crippen LogP contribution < -0.4 is 9.05 Å². The van der Waals surface area contributed by atoms with Crippen LogP contribution in [-0.2, 0) is 30.2 Å². The number of benzene rings is 2. The van der Waals surface area contributed by atoms with Gasteiger partial charge in [-0.3, -0.25) is 4.89 Å². The highest BCUT2D eigenvalue weighted by Gasteiger charge is 2.28. The topological polar surface area (TPSA) is 55.8 Å². The van der Waals surface area contributed by atoms with Gasteiger partial charge in [-0.05, 0) is 85.8 Å². The third-order valence-electron chi connectivity index (χ3n) is 10.9. The summed E-state index contributed by atoms with van der Waals surface area (Å²) in [5, 5.41) is 0. The van der Waals surface area contributed by atoms with Gasteiger partial charge in [0.05, 0.1) is 0 Å². The second-order valence-electron chi connectivity index (χ2n) is 16.0. The van der Waals surface area contributed by atoms with Crippen LogP contribution in [0, 0.1) is 0 Å². The lowest BCUT2D eigenvalue weighted by Crippen LogP contribution is -2.05. The van der Waals surface area contributed by atoms with Crippen molar-refractivity contribution in [1.82, 2.24) is 0 Å². The van der Waals surface area contributed by atoms with E-state index in [0.717, 1.165) is 49.7 Å². The maximum absolute atomic E-state index is 13.7. The average molecular weight is 755 g/mol. The first-order valence-corrected chi connectivity index (χ1v) is 24.4. The van der Waals surface area contributed by atoms with Crippen LogP contribution in [0.15, 0.2) is 36.4 Å². The molecule has 4 nitrogen and oxygen atoms in total. The molecule has 304 valence electrons. The van der Waals surface area contributed by atoms with Crippen molar-refractivity contribution in [3.63, 3.8) is 0 Å². The number of phosphoric acid groups is 1. The number of hydrogen-bond donors (Lipinski definition) is 1. The summed E-state index contributed by atoms with van der Waals surface area (Å²) in [6, 6.07) is 12.5. The third-order valence-corrected chi connectivity index (χ3v) is 11.8. The summed E-state index contributed by atoms with van der Waals surface area (Å²) in [5.41, 5.74) is 4.66. The predicted molar refractivity (Wildman–Crippen MR) is 231 cm³/mol. The Morgan fingerprint density at radius 3 is 0.962 bits per heavy atom. The molecule has 0 aromatic heterocycles. The van der Waals surface area contributed by atoms with E-state index in [1.165, 1.54) is 178 Å². The monoisotopic (exact) mass is 755 g/mol. The minimum atomic E-state index is -4.41. The van der Waals surface area contributed by atoms with Gasteiger partial charge < -0.3 is 9.05 Å². The highest BCUT2D eigenvalue weighted by atomic mass is 31.2. The second kappa shape index (κ2) is 31.4. The van der Waals surface area contributed by atoms with Crippen molar-refractivity contribution in [2.45, 2.75) is 233 Å². The molecule has 5 heteroatoms. The van der Waals surface area contributed by atoms with Gasteiger partial charge in [0.25, 0.3) is 0 Å². The first kappa shape index (κ1) is 47.4. The minimum absolute atomic E-state index is 0.495. The Labute approximate surface area is 328 Å². The Hall–Kier alpha value is -1.77. The van der Waals surface area contributed by atoms with E-state index in [0.29, 0.717) is 11.5 Å². The van der Waals surface area contributed by atoms with E-state index in [1.807, 2.05) is 12.1 Å². The van der Waals surface area contributed by atoms with Crippen LogP contribution in [0.1, 0.15) is 230 Å². The molecule has 0 atom stereocenters. The van der Waals surface area contributed by atoms with Crippen molar-refractivity contribution in [3.8, 4) is 11.5 Å². The van der Waals surface area contributed by atoms with Crippen molar-refractivity contribution in [2.75, 3.05) is 0 Å². The Morgan fingerprint density at radius 2 is 0.660 bits per heavy atom. The fraction of sp³-hybridized carbons (Fsp3) is 0.750. The van der Waals surface area contributed by atoms with E-state index in [9.17, 15) is 9.46 Å². The van der Waals surface area contributed by atoms with Gasteiger partial charge in [0.1, 0.15) is 11.5 Å². The Bertz CT molecular complexity index is 1120. The summed E-state index contributed by atoms with van der Waals surface area (Å²) in [6.07, 6.45) is 39.2. The van der Waals surface area contributed by atoms with Crippen LogP contribution in [0.3, 0.4) is 0 Å². The van der Waals surface area contributed by atoms with E-state index in [-0.39, 0.29) is 0 Å². The molecule has 0 spiro atoms. The molecule has 0 heterocycles. The van der Waals surface area contributed by atoms with Gasteiger partial charge >= 0.3 is 7.82 Å². The van der Waals surface area contributed by atoms with Crippen molar-refractivity contribution in [3.05, 3.63) is 58.7 Å². The van der Waals surface area contributed by atoms with Gasteiger partial charge in [-0.2, -0.15) is 0 Å². The SMILES string of the molecule is CCCCCCCCCc1ccc(OP(=O)(O)Oc2ccc(CCCCCCCCC)cc2CCCCCCCCC)c(CCCCCCCCC)c1. The summed E-state index contributed by atoms with van der Waals surface area (Å²) in [6.45, 7) is 9.05. The Balaban J connectivity index is 2.12. The second-order valence-corrected chi connectivity index (χ2v) is 17.3. The standard InChI is InChI=1S/C48H83O4P/c1-5-9-13-17-21-25-29-33-43-37-39-47(45(41-43)35-31-27-23-19-15-11-7-3)51-53(49,50)52-48-40-38-44(34-30-26-22-18-14-10-6-2)42-46(48)36-32-28-24-20-16-12-8-4/h37-42H,5-36H2,1-4H3,(H,49,50). The number of rotatable bonds is 36. The lowest BCUT2D eigenvalue weighted by Gasteiger charge is -2.19. The molecule has 53 heavy (non-hydrogen) atoms. The molecule has 0 saturated carbocycles. The molecule has 0 aliphatic carbocycles. The van der Waals surface area contributed by atoms with Crippen LogP contribution in [0.5, 0.6) is 11.5 Å². The predicted octanol–water partition coefficient (Wildman–Crippen LogP) is 16.4. The summed E-state index contributed by atoms with van der Waals surface area (Å²) < 4.78 is 25.6. The maximum Gasteiger partial charge on any atom is 0.584 e. The third kappa shape index (κ3) is 23.7. The van der Waals surface area contributed by atoms with Gasteiger partial charge in [0, 0.05) is 0 Å². The van der Waals surface area contributed by atoms with E-state index < -0.39 is 7.82 Å². The van der Waals surface area contributed by atoms with Gasteiger partial charge in [0.2, 0.25) is 0 Å². The molecule has 0 aliphatic heterocycles. The van der Waals surface area contributed by atoms with Crippen LogP contribution in [-0.4, -0.2) is 4.89 Å². The van der Waals surface area contributed by atoms with Crippen molar-refractivity contribution in [1.29, 1.82) is 0 Å². The Kier molecular flexibility index (Phi) is 28.1. The van der Waals surface area contributed by atoms with Crippen LogP contribution >= 0.6 is 7.82 Å². The first-order chi connectivity index (χ1) is 25.9. The highest BCUT2D eigenvalue weighted by Crippen LogP contribution is 2.47. The zero-order valence-electron chi connectivity index (χ0n) is 35.2. The minimum Gasteiger partial charge on any atom is -0.395 e. The number of hydrogen-bond acceptors (Lipinski definition) is 3. The molecule has 0 saturated heterocycles. The van der Waals surface area contributed by atoms with E-state index in [1.54, 1.807) is 0 Å². The largest absolute Gasteiger partial charge is 0.584 e. The highest BCUT2D eigenvalue weighted by molar-refractivity contribution is 7.48. The summed E-state index contributed by atoms with van der Waals surface area (Å²) in [7, 11) is -4.41. The Morgan fingerprint density at radius 1 is 0.396 bits per heavy atom. The smallest absolute Gasteiger partial charge is 0.395 e. The summed E-state index contributed by atoms with van der Waals surface area (Å²) in [4.78, 5) is 11.2. The first-order valence-electron chi connectivity index (χ1n) is 22.9. The van der Waals surface area contributed by atoms with Gasteiger partial charge in [-0.1, -0.05) is 206 Å². The average Bonchev–Trinajstić information content (AvgIpc) is 3.14. The molecule has 0 amide bonds. The molecule has 2 aromatic carbocycles. The molecule has 0 fully saturated rings. The molecule has 1 N–H and O–H groups in total. The molecule has 0 aliphatic rings. The summed E-state index contributed by atoms with van der Waals surface area (Å²) in [5.74, 6) is 0.989. The molecule has 2 rings (SSSR count). The zero-order chi connectivity index (χ0) is 38.2. The molecular weight excluding hydrogens is 671 g/mol.